The molecule has 1 aromatic carbocycles. The molecule has 0 radical (unpaired) electrons. The number of benzene rings is 1. The average Bonchev–Trinajstić information content (AvgIpc) is 2.95. The van der Waals surface area contributed by atoms with Gasteiger partial charge in [0, 0.05) is 5.02 Å². The van der Waals surface area contributed by atoms with Crippen molar-refractivity contribution in [2.45, 2.75) is 32.5 Å². The Bertz CT molecular complexity index is 420. The van der Waals surface area contributed by atoms with Gasteiger partial charge < -0.3 is 9.47 Å². The molecule has 94 valence electrons. The maximum atomic E-state index is 6.10. The third-order valence-electron chi connectivity index (χ3n) is 3.15. The molecule has 0 saturated carbocycles. The van der Waals surface area contributed by atoms with Crippen molar-refractivity contribution in [3.63, 3.8) is 0 Å². The molecule has 0 aromatic heterocycles. The lowest BCUT2D eigenvalue weighted by molar-refractivity contribution is 0.325. The van der Waals surface area contributed by atoms with Gasteiger partial charge in [-0.25, -0.2) is 0 Å². The molecule has 0 amide bonds. The van der Waals surface area contributed by atoms with Gasteiger partial charge in [0.1, 0.15) is 5.75 Å². The summed E-state index contributed by atoms with van der Waals surface area (Å²) in [6.45, 7) is 4.26. The van der Waals surface area contributed by atoms with E-state index in [0.29, 0.717) is 28.2 Å². The van der Waals surface area contributed by atoms with E-state index in [4.69, 9.17) is 32.7 Å². The molecule has 1 aromatic rings. The van der Waals surface area contributed by atoms with Crippen LogP contribution in [0.3, 0.4) is 0 Å². The number of hydrogen-bond acceptors (Lipinski definition) is 2. The Kier molecular flexibility index (Phi) is 3.86. The highest BCUT2D eigenvalue weighted by Gasteiger charge is 2.39. The first-order chi connectivity index (χ1) is 8.02. The summed E-state index contributed by atoms with van der Waals surface area (Å²) in [4.78, 5) is 0. The van der Waals surface area contributed by atoms with E-state index in [9.17, 15) is 0 Å². The monoisotopic (exact) mass is 274 g/mol. The minimum atomic E-state index is 0.345. The average molecular weight is 275 g/mol. The Morgan fingerprint density at radius 2 is 2.06 bits per heavy atom. The van der Waals surface area contributed by atoms with Gasteiger partial charge in [-0.2, -0.15) is 0 Å². The third kappa shape index (κ3) is 2.87. The molecule has 2 nitrogen and oxygen atoms in total. The smallest absolute Gasteiger partial charge is 0.140 e. The predicted molar refractivity (Wildman–Crippen MR) is 70.2 cm³/mol. The molecule has 0 bridgehead atoms. The van der Waals surface area contributed by atoms with Crippen LogP contribution in [0.1, 0.15) is 19.4 Å². The van der Waals surface area contributed by atoms with E-state index in [2.05, 4.69) is 13.8 Å². The SMILES string of the molecule is COc1c(Cl)cc(Cl)cc1CC(C)C1OC1C. The summed E-state index contributed by atoms with van der Waals surface area (Å²) in [6, 6.07) is 3.61. The number of methoxy groups -OCH3 is 1. The second-order valence-electron chi connectivity index (χ2n) is 4.57. The van der Waals surface area contributed by atoms with E-state index in [1.807, 2.05) is 6.07 Å². The van der Waals surface area contributed by atoms with E-state index in [0.717, 1.165) is 17.7 Å². The van der Waals surface area contributed by atoms with E-state index in [1.165, 1.54) is 0 Å². The first-order valence-electron chi connectivity index (χ1n) is 5.70. The molecule has 3 atom stereocenters. The van der Waals surface area contributed by atoms with Crippen LogP contribution in [0.2, 0.25) is 10.0 Å². The Balaban J connectivity index is 2.19. The largest absolute Gasteiger partial charge is 0.495 e. The summed E-state index contributed by atoms with van der Waals surface area (Å²) in [7, 11) is 1.62. The van der Waals surface area contributed by atoms with Crippen LogP contribution >= 0.6 is 23.2 Å². The zero-order valence-electron chi connectivity index (χ0n) is 10.2. The Morgan fingerprint density at radius 1 is 1.41 bits per heavy atom. The van der Waals surface area contributed by atoms with Crippen LogP contribution in [0.5, 0.6) is 5.75 Å². The Hall–Kier alpha value is -0.440. The molecule has 0 N–H and O–H groups in total. The summed E-state index contributed by atoms with van der Waals surface area (Å²) in [5.74, 6) is 1.16. The third-order valence-corrected chi connectivity index (χ3v) is 3.65. The number of halogens is 2. The van der Waals surface area contributed by atoms with Crippen LogP contribution in [0.25, 0.3) is 0 Å². The number of ether oxygens (including phenoxy) is 2. The summed E-state index contributed by atoms with van der Waals surface area (Å²) in [5, 5.41) is 1.20. The first kappa shape index (κ1) is 13.0. The Morgan fingerprint density at radius 3 is 2.59 bits per heavy atom. The molecule has 0 aliphatic carbocycles. The van der Waals surface area contributed by atoms with Crippen molar-refractivity contribution in [3.8, 4) is 5.75 Å². The van der Waals surface area contributed by atoms with Crippen LogP contribution < -0.4 is 4.74 Å². The van der Waals surface area contributed by atoms with Gasteiger partial charge in [0.2, 0.25) is 0 Å². The highest BCUT2D eigenvalue weighted by atomic mass is 35.5. The number of rotatable bonds is 4. The molecule has 1 heterocycles. The number of hydrogen-bond donors (Lipinski definition) is 0. The van der Waals surface area contributed by atoms with Crippen molar-refractivity contribution >= 4 is 23.2 Å². The lowest BCUT2D eigenvalue weighted by atomic mass is 9.96. The molecule has 1 aliphatic rings. The Labute approximate surface area is 112 Å². The fourth-order valence-corrected chi connectivity index (χ4v) is 2.87. The zero-order chi connectivity index (χ0) is 12.6. The van der Waals surface area contributed by atoms with Gasteiger partial charge >= 0.3 is 0 Å². The number of epoxide rings is 1. The fourth-order valence-electron chi connectivity index (χ4n) is 2.26. The molecular formula is C13H16Cl2O2. The molecule has 0 spiro atoms. The predicted octanol–water partition coefficient (Wildman–Crippen LogP) is 3.97. The van der Waals surface area contributed by atoms with Gasteiger partial charge in [0.05, 0.1) is 24.3 Å². The maximum absolute atomic E-state index is 6.10. The van der Waals surface area contributed by atoms with Gasteiger partial charge in [-0.05, 0) is 37.0 Å². The molecule has 1 fully saturated rings. The van der Waals surface area contributed by atoms with Crippen LogP contribution in [0.15, 0.2) is 12.1 Å². The normalized spacial score (nSPS) is 24.5. The van der Waals surface area contributed by atoms with Crippen LogP contribution in [-0.2, 0) is 11.2 Å². The molecule has 4 heteroatoms. The minimum absolute atomic E-state index is 0.345. The lowest BCUT2D eigenvalue weighted by Crippen LogP contribution is -2.10. The highest BCUT2D eigenvalue weighted by molar-refractivity contribution is 6.35. The van der Waals surface area contributed by atoms with E-state index >= 15 is 0 Å². The molecule has 1 aliphatic heterocycles. The van der Waals surface area contributed by atoms with Gasteiger partial charge in [0.25, 0.3) is 0 Å². The second-order valence-corrected chi connectivity index (χ2v) is 5.41. The van der Waals surface area contributed by atoms with Gasteiger partial charge in [-0.1, -0.05) is 30.1 Å². The quantitative estimate of drug-likeness (QED) is 0.775. The zero-order valence-corrected chi connectivity index (χ0v) is 11.7. The topological polar surface area (TPSA) is 21.8 Å². The van der Waals surface area contributed by atoms with Crippen LogP contribution in [0.4, 0.5) is 0 Å². The van der Waals surface area contributed by atoms with Gasteiger partial charge in [-0.15, -0.1) is 0 Å². The molecular weight excluding hydrogens is 259 g/mol. The molecule has 2 rings (SSSR count). The van der Waals surface area contributed by atoms with E-state index in [-0.39, 0.29) is 0 Å². The van der Waals surface area contributed by atoms with Gasteiger partial charge in [-0.3, -0.25) is 0 Å². The second kappa shape index (κ2) is 5.05. The van der Waals surface area contributed by atoms with E-state index in [1.54, 1.807) is 13.2 Å². The van der Waals surface area contributed by atoms with Crippen LogP contribution in [0, 0.1) is 5.92 Å². The summed E-state index contributed by atoms with van der Waals surface area (Å²) in [5.41, 5.74) is 1.04. The van der Waals surface area contributed by atoms with E-state index < -0.39 is 0 Å². The molecule has 3 unspecified atom stereocenters. The summed E-state index contributed by atoms with van der Waals surface area (Å²) in [6.07, 6.45) is 1.57. The van der Waals surface area contributed by atoms with Crippen molar-refractivity contribution in [2.75, 3.05) is 7.11 Å². The summed E-state index contributed by atoms with van der Waals surface area (Å²) >= 11 is 12.1. The van der Waals surface area contributed by atoms with Crippen LogP contribution in [-0.4, -0.2) is 19.3 Å². The van der Waals surface area contributed by atoms with Gasteiger partial charge in [0.15, 0.2) is 0 Å². The van der Waals surface area contributed by atoms with Crippen molar-refractivity contribution < 1.29 is 9.47 Å². The van der Waals surface area contributed by atoms with Crippen molar-refractivity contribution in [1.29, 1.82) is 0 Å². The fraction of sp³-hybridized carbons (Fsp3) is 0.538. The molecule has 1 saturated heterocycles. The standard InChI is InChI=1S/C13H16Cl2O2/c1-7(12-8(2)17-12)4-9-5-10(14)6-11(15)13(9)16-3/h5-8,12H,4H2,1-3H3. The first-order valence-corrected chi connectivity index (χ1v) is 6.46. The summed E-state index contributed by atoms with van der Waals surface area (Å²) < 4.78 is 10.8. The van der Waals surface area contributed by atoms with Crippen molar-refractivity contribution in [2.24, 2.45) is 5.92 Å². The minimum Gasteiger partial charge on any atom is -0.495 e. The highest BCUT2D eigenvalue weighted by Crippen LogP contribution is 2.37. The molecule has 17 heavy (non-hydrogen) atoms. The lowest BCUT2D eigenvalue weighted by Gasteiger charge is -2.14. The van der Waals surface area contributed by atoms with Crippen molar-refractivity contribution in [1.82, 2.24) is 0 Å². The van der Waals surface area contributed by atoms with Crippen molar-refractivity contribution in [3.05, 3.63) is 27.7 Å². The maximum Gasteiger partial charge on any atom is 0.140 e.